The summed E-state index contributed by atoms with van der Waals surface area (Å²) >= 11 is 6.26. The van der Waals surface area contributed by atoms with Crippen LogP contribution in [0.4, 0.5) is 0 Å². The van der Waals surface area contributed by atoms with E-state index >= 15 is 0 Å². The summed E-state index contributed by atoms with van der Waals surface area (Å²) in [6.45, 7) is 5.83. The molecule has 0 amide bonds. The van der Waals surface area contributed by atoms with Gasteiger partial charge in [0.05, 0.1) is 29.5 Å². The number of rotatable bonds is 6. The van der Waals surface area contributed by atoms with Crippen molar-refractivity contribution in [2.45, 2.75) is 51.4 Å². The molecule has 4 aromatic rings. The zero-order valence-electron chi connectivity index (χ0n) is 20.9. The fourth-order valence-corrected chi connectivity index (χ4v) is 5.01. The molecule has 1 unspecified atom stereocenters. The predicted octanol–water partition coefficient (Wildman–Crippen LogP) is 5.28. The third-order valence-corrected chi connectivity index (χ3v) is 7.02. The van der Waals surface area contributed by atoms with Gasteiger partial charge < -0.3 is 23.6 Å². The Balaban J connectivity index is 1.58. The maximum atomic E-state index is 11.4. The number of oxazole rings is 1. The summed E-state index contributed by atoms with van der Waals surface area (Å²) < 4.78 is 19.8. The fourth-order valence-electron chi connectivity index (χ4n) is 4.80. The number of aryl methyl sites for hydroxylation is 1. The first kappa shape index (κ1) is 24.8. The number of methoxy groups -OCH3 is 1. The molecule has 0 radical (unpaired) electrons. The smallest absolute Gasteiger partial charge is 0.196 e. The van der Waals surface area contributed by atoms with Crippen LogP contribution in [0.25, 0.3) is 22.7 Å². The van der Waals surface area contributed by atoms with Crippen LogP contribution in [-0.4, -0.2) is 37.6 Å². The summed E-state index contributed by atoms with van der Waals surface area (Å²) in [5.74, 6) is 3.36. The Labute approximate surface area is 219 Å². The average Bonchev–Trinajstić information content (AvgIpc) is 3.50. The molecule has 10 heteroatoms. The molecule has 1 atom stereocenters. The number of hydrogen-bond acceptors (Lipinski definition) is 8. The minimum Gasteiger partial charge on any atom is -0.496 e. The standard InChI is InChI=1S/C27H26ClN5O4/c1-16-30-15-23(36-16)20-9-7-17(12-22(20)35-4)24-31-32-25-27(26(2,3)34,10-5-11-33(24)25)37-19-8-6-18(14-29)21(28)13-19/h6-9,12-13,15,34H,5,10-11H2,1-4H3. The van der Waals surface area contributed by atoms with Crippen LogP contribution in [0.2, 0.25) is 5.02 Å². The van der Waals surface area contributed by atoms with Crippen LogP contribution in [0.5, 0.6) is 11.5 Å². The Morgan fingerprint density at radius 2 is 2.03 bits per heavy atom. The average molecular weight is 520 g/mol. The summed E-state index contributed by atoms with van der Waals surface area (Å²) in [6, 6.07) is 12.6. The molecule has 1 aliphatic heterocycles. The van der Waals surface area contributed by atoms with E-state index in [0.717, 1.165) is 17.5 Å². The summed E-state index contributed by atoms with van der Waals surface area (Å²) in [5.41, 5.74) is -0.601. The van der Waals surface area contributed by atoms with Crippen LogP contribution in [0.1, 0.15) is 44.0 Å². The van der Waals surface area contributed by atoms with Crippen LogP contribution in [0.15, 0.2) is 47.0 Å². The van der Waals surface area contributed by atoms with Gasteiger partial charge in [0.25, 0.3) is 0 Å². The van der Waals surface area contributed by atoms with Crippen molar-refractivity contribution in [1.82, 2.24) is 19.7 Å². The topological polar surface area (TPSA) is 119 Å². The molecule has 0 fully saturated rings. The molecule has 37 heavy (non-hydrogen) atoms. The molecule has 1 N–H and O–H groups in total. The summed E-state index contributed by atoms with van der Waals surface area (Å²) in [7, 11) is 1.60. The molecule has 190 valence electrons. The van der Waals surface area contributed by atoms with Gasteiger partial charge in [0.15, 0.2) is 28.9 Å². The van der Waals surface area contributed by atoms with Gasteiger partial charge in [-0.2, -0.15) is 5.26 Å². The monoisotopic (exact) mass is 519 g/mol. The maximum Gasteiger partial charge on any atom is 0.196 e. The lowest BCUT2D eigenvalue weighted by Crippen LogP contribution is -2.55. The highest BCUT2D eigenvalue weighted by molar-refractivity contribution is 6.31. The van der Waals surface area contributed by atoms with E-state index in [9.17, 15) is 10.4 Å². The van der Waals surface area contributed by atoms with Crippen molar-refractivity contribution in [3.63, 3.8) is 0 Å². The normalized spacial score (nSPS) is 17.2. The van der Waals surface area contributed by atoms with E-state index in [1.807, 2.05) is 28.8 Å². The van der Waals surface area contributed by atoms with Crippen molar-refractivity contribution < 1.29 is 19.0 Å². The van der Waals surface area contributed by atoms with Crippen molar-refractivity contribution >= 4 is 11.6 Å². The second kappa shape index (κ2) is 9.21. The number of fused-ring (bicyclic) bond motifs is 1. The first-order chi connectivity index (χ1) is 17.7. The van der Waals surface area contributed by atoms with Crippen molar-refractivity contribution in [2.75, 3.05) is 7.11 Å². The van der Waals surface area contributed by atoms with Gasteiger partial charge in [0.1, 0.15) is 23.2 Å². The van der Waals surface area contributed by atoms with Crippen LogP contribution < -0.4 is 9.47 Å². The molecule has 1 aliphatic rings. The van der Waals surface area contributed by atoms with Crippen LogP contribution in [-0.2, 0) is 12.1 Å². The fraction of sp³-hybridized carbons (Fsp3) is 0.333. The lowest BCUT2D eigenvalue weighted by Gasteiger charge is -2.44. The van der Waals surface area contributed by atoms with Crippen LogP contribution >= 0.6 is 11.6 Å². The molecule has 0 saturated carbocycles. The number of halogens is 1. The van der Waals surface area contributed by atoms with Gasteiger partial charge in [-0.15, -0.1) is 10.2 Å². The van der Waals surface area contributed by atoms with Gasteiger partial charge >= 0.3 is 0 Å². The van der Waals surface area contributed by atoms with E-state index in [4.69, 9.17) is 25.5 Å². The lowest BCUT2D eigenvalue weighted by atomic mass is 9.79. The van der Waals surface area contributed by atoms with Gasteiger partial charge in [0.2, 0.25) is 0 Å². The summed E-state index contributed by atoms with van der Waals surface area (Å²) in [4.78, 5) is 4.18. The van der Waals surface area contributed by atoms with Gasteiger partial charge in [-0.3, -0.25) is 0 Å². The first-order valence-corrected chi connectivity index (χ1v) is 12.2. The van der Waals surface area contributed by atoms with Gasteiger partial charge in [-0.05, 0) is 51.0 Å². The second-order valence-corrected chi connectivity index (χ2v) is 9.91. The Kier molecular flexibility index (Phi) is 6.18. The highest BCUT2D eigenvalue weighted by atomic mass is 35.5. The Hall–Kier alpha value is -3.87. The number of aliphatic hydroxyl groups is 1. The van der Waals surface area contributed by atoms with E-state index in [2.05, 4.69) is 15.2 Å². The number of nitriles is 1. The first-order valence-electron chi connectivity index (χ1n) is 11.8. The molecular formula is C27H26ClN5O4. The minimum atomic E-state index is -1.32. The maximum absolute atomic E-state index is 11.4. The van der Waals surface area contributed by atoms with E-state index in [1.54, 1.807) is 52.3 Å². The van der Waals surface area contributed by atoms with Crippen molar-refractivity contribution in [1.29, 1.82) is 5.26 Å². The molecular weight excluding hydrogens is 494 g/mol. The third-order valence-electron chi connectivity index (χ3n) is 6.71. The number of nitrogens with zero attached hydrogens (tertiary/aromatic N) is 5. The number of ether oxygens (including phenoxy) is 2. The predicted molar refractivity (Wildman–Crippen MR) is 136 cm³/mol. The molecule has 0 spiro atoms. The SMILES string of the molecule is COc1cc(-c2nnc3n2CCCC3(Oc2ccc(C#N)c(Cl)c2)C(C)(C)O)ccc1-c1cnc(C)o1. The number of aromatic nitrogens is 4. The Bertz CT molecular complexity index is 1510. The van der Waals surface area contributed by atoms with Crippen molar-refractivity contribution in [2.24, 2.45) is 0 Å². The van der Waals surface area contributed by atoms with Gasteiger partial charge in [-0.25, -0.2) is 4.98 Å². The van der Waals surface area contributed by atoms with Crippen molar-refractivity contribution in [3.05, 3.63) is 64.9 Å². The van der Waals surface area contributed by atoms with E-state index in [-0.39, 0.29) is 5.02 Å². The van der Waals surface area contributed by atoms with E-state index in [0.29, 0.717) is 53.3 Å². The second-order valence-electron chi connectivity index (χ2n) is 9.50. The van der Waals surface area contributed by atoms with Crippen LogP contribution in [0, 0.1) is 18.3 Å². The molecule has 0 bridgehead atoms. The lowest BCUT2D eigenvalue weighted by molar-refractivity contribution is -0.137. The van der Waals surface area contributed by atoms with Gasteiger partial charge in [-0.1, -0.05) is 17.7 Å². The third kappa shape index (κ3) is 4.22. The largest absolute Gasteiger partial charge is 0.496 e. The van der Waals surface area contributed by atoms with Crippen LogP contribution in [0.3, 0.4) is 0 Å². The summed E-state index contributed by atoms with van der Waals surface area (Å²) in [5, 5.41) is 29.9. The molecule has 5 rings (SSSR count). The highest BCUT2D eigenvalue weighted by Crippen LogP contribution is 2.45. The Morgan fingerprint density at radius 1 is 1.22 bits per heavy atom. The molecule has 3 heterocycles. The molecule has 9 nitrogen and oxygen atoms in total. The number of benzene rings is 2. The highest BCUT2D eigenvalue weighted by Gasteiger charge is 2.53. The molecule has 2 aromatic heterocycles. The molecule has 2 aromatic carbocycles. The van der Waals surface area contributed by atoms with Crippen molar-refractivity contribution in [3.8, 4) is 40.3 Å². The minimum absolute atomic E-state index is 0.276. The summed E-state index contributed by atoms with van der Waals surface area (Å²) in [6.07, 6.45) is 2.90. The van der Waals surface area contributed by atoms with E-state index < -0.39 is 11.2 Å². The van der Waals surface area contributed by atoms with E-state index in [1.165, 1.54) is 0 Å². The number of hydrogen-bond donors (Lipinski definition) is 1. The Morgan fingerprint density at radius 3 is 2.68 bits per heavy atom. The zero-order chi connectivity index (χ0) is 26.4. The zero-order valence-corrected chi connectivity index (χ0v) is 21.7. The molecule has 0 saturated heterocycles. The van der Waals surface area contributed by atoms with Gasteiger partial charge in [0, 0.05) is 25.1 Å². The molecule has 0 aliphatic carbocycles. The quantitative estimate of drug-likeness (QED) is 0.365.